The Morgan fingerprint density at radius 1 is 1.25 bits per heavy atom. The van der Waals surface area contributed by atoms with E-state index in [9.17, 15) is 4.39 Å². The Morgan fingerprint density at radius 2 is 1.95 bits per heavy atom. The van der Waals surface area contributed by atoms with Crippen LogP contribution in [0.15, 0.2) is 22.7 Å². The van der Waals surface area contributed by atoms with Gasteiger partial charge in [-0.3, -0.25) is 0 Å². The fourth-order valence-electron chi connectivity index (χ4n) is 2.76. The van der Waals surface area contributed by atoms with Crippen LogP contribution in [0.3, 0.4) is 0 Å². The van der Waals surface area contributed by atoms with Crippen molar-refractivity contribution in [3.8, 4) is 0 Å². The van der Waals surface area contributed by atoms with Crippen molar-refractivity contribution in [3.05, 3.63) is 34.1 Å². The molecule has 1 heterocycles. The van der Waals surface area contributed by atoms with Gasteiger partial charge in [0.1, 0.15) is 5.82 Å². The van der Waals surface area contributed by atoms with E-state index in [1.807, 2.05) is 19.1 Å². The van der Waals surface area contributed by atoms with Gasteiger partial charge >= 0.3 is 0 Å². The third-order valence-corrected chi connectivity index (χ3v) is 4.50. The molecule has 0 aromatic heterocycles. The zero-order chi connectivity index (χ0) is 14.4. The molecule has 1 fully saturated rings. The van der Waals surface area contributed by atoms with Crippen molar-refractivity contribution in [3.63, 3.8) is 0 Å². The minimum atomic E-state index is -0.144. The predicted molar refractivity (Wildman–Crippen MR) is 85.4 cm³/mol. The molecule has 0 saturated carbocycles. The second kappa shape index (κ2) is 8.11. The molecule has 1 aromatic carbocycles. The topological polar surface area (TPSA) is 15.3 Å². The van der Waals surface area contributed by atoms with Gasteiger partial charge in [-0.2, -0.15) is 0 Å². The molecule has 0 bridgehead atoms. The van der Waals surface area contributed by atoms with Crippen molar-refractivity contribution in [2.45, 2.75) is 38.6 Å². The molecule has 0 amide bonds. The molecule has 1 N–H and O–H groups in total. The number of benzene rings is 1. The van der Waals surface area contributed by atoms with Crippen LogP contribution in [-0.2, 0) is 0 Å². The number of likely N-dealkylation sites (tertiary alicyclic amines) is 1. The molecule has 2 nitrogen and oxygen atoms in total. The van der Waals surface area contributed by atoms with Crippen molar-refractivity contribution in [1.29, 1.82) is 0 Å². The molecular weight excluding hydrogens is 319 g/mol. The lowest BCUT2D eigenvalue weighted by Crippen LogP contribution is -2.34. The standard InChI is InChI=1S/C16H24BrFN2/c1-13(15-7-6-14(17)12-16(15)18)19-8-11-20-9-4-2-3-5-10-20/h6-7,12-13,19H,2-5,8-11H2,1H3. The maximum atomic E-state index is 13.9. The van der Waals surface area contributed by atoms with Crippen molar-refractivity contribution < 1.29 is 4.39 Å². The second-order valence-electron chi connectivity index (χ2n) is 5.60. The first-order valence-corrected chi connectivity index (χ1v) is 8.37. The summed E-state index contributed by atoms with van der Waals surface area (Å²) >= 11 is 3.29. The minimum Gasteiger partial charge on any atom is -0.309 e. The highest BCUT2D eigenvalue weighted by Crippen LogP contribution is 2.20. The third kappa shape index (κ3) is 4.83. The lowest BCUT2D eigenvalue weighted by Gasteiger charge is -2.22. The monoisotopic (exact) mass is 342 g/mol. The van der Waals surface area contributed by atoms with Crippen LogP contribution in [0.5, 0.6) is 0 Å². The smallest absolute Gasteiger partial charge is 0.129 e. The first-order valence-electron chi connectivity index (χ1n) is 7.57. The molecule has 0 radical (unpaired) electrons. The summed E-state index contributed by atoms with van der Waals surface area (Å²) in [5.41, 5.74) is 0.740. The van der Waals surface area contributed by atoms with Crippen molar-refractivity contribution in [2.24, 2.45) is 0 Å². The van der Waals surface area contributed by atoms with Crippen LogP contribution in [0.4, 0.5) is 4.39 Å². The van der Waals surface area contributed by atoms with Crippen LogP contribution >= 0.6 is 15.9 Å². The maximum Gasteiger partial charge on any atom is 0.129 e. The van der Waals surface area contributed by atoms with E-state index in [-0.39, 0.29) is 11.9 Å². The Kier molecular flexibility index (Phi) is 6.46. The first-order chi connectivity index (χ1) is 9.66. The highest BCUT2D eigenvalue weighted by Gasteiger charge is 2.12. The summed E-state index contributed by atoms with van der Waals surface area (Å²) in [7, 11) is 0. The summed E-state index contributed by atoms with van der Waals surface area (Å²) in [6.07, 6.45) is 5.36. The second-order valence-corrected chi connectivity index (χ2v) is 6.51. The molecule has 1 unspecified atom stereocenters. The molecule has 1 aliphatic rings. The van der Waals surface area contributed by atoms with Gasteiger partial charge < -0.3 is 10.2 Å². The molecule has 1 atom stereocenters. The van der Waals surface area contributed by atoms with Crippen LogP contribution in [0.25, 0.3) is 0 Å². The lowest BCUT2D eigenvalue weighted by molar-refractivity contribution is 0.280. The summed E-state index contributed by atoms with van der Waals surface area (Å²) in [5, 5.41) is 3.43. The molecule has 4 heteroatoms. The molecule has 1 aliphatic heterocycles. The van der Waals surface area contributed by atoms with Crippen LogP contribution in [0.1, 0.15) is 44.2 Å². The molecule has 0 aliphatic carbocycles. The number of hydrogen-bond acceptors (Lipinski definition) is 2. The van der Waals surface area contributed by atoms with Gasteiger partial charge in [-0.1, -0.05) is 34.8 Å². The van der Waals surface area contributed by atoms with Crippen molar-refractivity contribution in [2.75, 3.05) is 26.2 Å². The fourth-order valence-corrected chi connectivity index (χ4v) is 3.09. The molecule has 1 saturated heterocycles. The van der Waals surface area contributed by atoms with E-state index in [1.54, 1.807) is 0 Å². The molecule has 112 valence electrons. The van der Waals surface area contributed by atoms with Gasteiger partial charge in [0.05, 0.1) is 0 Å². The molecule has 1 aromatic rings. The van der Waals surface area contributed by atoms with Crippen LogP contribution < -0.4 is 5.32 Å². The van der Waals surface area contributed by atoms with E-state index < -0.39 is 0 Å². The van der Waals surface area contributed by atoms with Crippen LogP contribution in [0.2, 0.25) is 0 Å². The van der Waals surface area contributed by atoms with Gasteiger partial charge in [0.25, 0.3) is 0 Å². The SMILES string of the molecule is CC(NCCN1CCCCCC1)c1ccc(Br)cc1F. The summed E-state index contributed by atoms with van der Waals surface area (Å²) in [5.74, 6) is -0.144. The van der Waals surface area contributed by atoms with Gasteiger partial charge in [0, 0.05) is 29.2 Å². The van der Waals surface area contributed by atoms with Gasteiger partial charge in [-0.05, 0) is 45.0 Å². The van der Waals surface area contributed by atoms with Gasteiger partial charge in [0.15, 0.2) is 0 Å². The van der Waals surface area contributed by atoms with E-state index >= 15 is 0 Å². The number of halogens is 2. The van der Waals surface area contributed by atoms with E-state index in [0.29, 0.717) is 0 Å². The normalized spacial score (nSPS) is 18.8. The molecule has 0 spiro atoms. The van der Waals surface area contributed by atoms with Gasteiger partial charge in [-0.15, -0.1) is 0 Å². The average Bonchev–Trinajstić information content (AvgIpc) is 2.67. The molecule has 20 heavy (non-hydrogen) atoms. The fraction of sp³-hybridized carbons (Fsp3) is 0.625. The molecule has 2 rings (SSSR count). The quantitative estimate of drug-likeness (QED) is 0.865. The zero-order valence-electron chi connectivity index (χ0n) is 12.2. The average molecular weight is 343 g/mol. The van der Waals surface area contributed by atoms with Crippen molar-refractivity contribution in [1.82, 2.24) is 10.2 Å². The maximum absolute atomic E-state index is 13.9. The Bertz CT molecular complexity index is 417. The number of nitrogens with zero attached hydrogens (tertiary/aromatic N) is 1. The Hall–Kier alpha value is -0.450. The summed E-state index contributed by atoms with van der Waals surface area (Å²) < 4.78 is 14.6. The van der Waals surface area contributed by atoms with E-state index in [2.05, 4.69) is 26.1 Å². The minimum absolute atomic E-state index is 0.0510. The van der Waals surface area contributed by atoms with Crippen LogP contribution in [-0.4, -0.2) is 31.1 Å². The molecular formula is C16H24BrFN2. The van der Waals surface area contributed by atoms with E-state index in [1.165, 1.54) is 44.8 Å². The van der Waals surface area contributed by atoms with Gasteiger partial charge in [-0.25, -0.2) is 4.39 Å². The largest absolute Gasteiger partial charge is 0.309 e. The summed E-state index contributed by atoms with van der Waals surface area (Å²) in [6.45, 7) is 6.42. The van der Waals surface area contributed by atoms with E-state index in [4.69, 9.17) is 0 Å². The van der Waals surface area contributed by atoms with Gasteiger partial charge in [0.2, 0.25) is 0 Å². The van der Waals surface area contributed by atoms with Crippen molar-refractivity contribution >= 4 is 15.9 Å². The summed E-state index contributed by atoms with van der Waals surface area (Å²) in [4.78, 5) is 2.52. The van der Waals surface area contributed by atoms with Crippen LogP contribution in [0, 0.1) is 5.82 Å². The number of nitrogens with one attached hydrogen (secondary N) is 1. The first kappa shape index (κ1) is 15.9. The zero-order valence-corrected chi connectivity index (χ0v) is 13.8. The Balaban J connectivity index is 1.78. The highest BCUT2D eigenvalue weighted by atomic mass is 79.9. The lowest BCUT2D eigenvalue weighted by atomic mass is 10.1. The highest BCUT2D eigenvalue weighted by molar-refractivity contribution is 9.10. The summed E-state index contributed by atoms with van der Waals surface area (Å²) in [6, 6.07) is 5.33. The Morgan fingerprint density at radius 3 is 2.60 bits per heavy atom. The Labute approximate surface area is 129 Å². The third-order valence-electron chi connectivity index (χ3n) is 4.01. The number of rotatable bonds is 5. The predicted octanol–water partition coefficient (Wildman–Crippen LogP) is 4.11. The number of hydrogen-bond donors (Lipinski definition) is 1. The van der Waals surface area contributed by atoms with E-state index in [0.717, 1.165) is 23.1 Å².